The highest BCUT2D eigenvalue weighted by molar-refractivity contribution is 7.89. The van der Waals surface area contributed by atoms with Gasteiger partial charge in [0, 0.05) is 13.1 Å². The number of piperidine rings is 1. The van der Waals surface area contributed by atoms with Gasteiger partial charge in [0.2, 0.25) is 10.0 Å². The van der Waals surface area contributed by atoms with Gasteiger partial charge in [-0.1, -0.05) is 6.07 Å². The van der Waals surface area contributed by atoms with E-state index in [-0.39, 0.29) is 17.3 Å². The molecule has 1 aliphatic heterocycles. The van der Waals surface area contributed by atoms with E-state index in [2.05, 4.69) is 5.32 Å². The van der Waals surface area contributed by atoms with Gasteiger partial charge in [-0.05, 0) is 57.0 Å². The van der Waals surface area contributed by atoms with E-state index in [0.717, 1.165) is 25.5 Å². The molecule has 1 aromatic rings. The quantitative estimate of drug-likeness (QED) is 0.916. The van der Waals surface area contributed by atoms with Gasteiger partial charge in [0.15, 0.2) is 0 Å². The standard InChI is InChI=1S/C14H21FN2O2S.ClH/c1-11-3-4-13(9-14(11)15)20(18,19)17-7-5-12(6-8-17)10-16-2;/h3-4,9,12,16H,5-8,10H2,1-2H3;1H. The first kappa shape index (κ1) is 18.4. The third kappa shape index (κ3) is 4.16. The zero-order chi connectivity index (χ0) is 14.8. The molecule has 1 saturated heterocycles. The zero-order valence-corrected chi connectivity index (χ0v) is 13.9. The number of hydrogen-bond donors (Lipinski definition) is 1. The van der Waals surface area contributed by atoms with Crippen molar-refractivity contribution in [3.05, 3.63) is 29.6 Å². The van der Waals surface area contributed by atoms with Crippen molar-refractivity contribution in [3.63, 3.8) is 0 Å². The van der Waals surface area contributed by atoms with Crippen LogP contribution >= 0.6 is 12.4 Å². The van der Waals surface area contributed by atoms with Gasteiger partial charge < -0.3 is 5.32 Å². The van der Waals surface area contributed by atoms with Crippen LogP contribution in [0.5, 0.6) is 0 Å². The third-order valence-corrected chi connectivity index (χ3v) is 5.74. The second-order valence-corrected chi connectivity index (χ2v) is 7.25. The summed E-state index contributed by atoms with van der Waals surface area (Å²) in [4.78, 5) is 0.0488. The maximum atomic E-state index is 13.5. The summed E-state index contributed by atoms with van der Waals surface area (Å²) in [7, 11) is -1.67. The zero-order valence-electron chi connectivity index (χ0n) is 12.3. The van der Waals surface area contributed by atoms with Crippen molar-refractivity contribution < 1.29 is 12.8 Å². The largest absolute Gasteiger partial charge is 0.319 e. The molecule has 2 rings (SSSR count). The van der Waals surface area contributed by atoms with Crippen molar-refractivity contribution in [2.75, 3.05) is 26.7 Å². The molecule has 1 fully saturated rings. The number of hydrogen-bond acceptors (Lipinski definition) is 3. The van der Waals surface area contributed by atoms with E-state index in [0.29, 0.717) is 24.6 Å². The molecule has 1 aliphatic rings. The Hall–Kier alpha value is -0.690. The molecule has 0 aromatic heterocycles. The number of halogens is 2. The first-order valence-electron chi connectivity index (χ1n) is 6.86. The summed E-state index contributed by atoms with van der Waals surface area (Å²) in [6.45, 7) is 3.54. The van der Waals surface area contributed by atoms with E-state index in [1.807, 2.05) is 7.05 Å². The minimum Gasteiger partial charge on any atom is -0.319 e. The third-order valence-electron chi connectivity index (χ3n) is 3.85. The highest BCUT2D eigenvalue weighted by Crippen LogP contribution is 2.24. The van der Waals surface area contributed by atoms with Crippen LogP contribution in [0.15, 0.2) is 23.1 Å². The van der Waals surface area contributed by atoms with Crippen LogP contribution in [-0.4, -0.2) is 39.4 Å². The Balaban J connectivity index is 0.00000220. The maximum Gasteiger partial charge on any atom is 0.243 e. The molecule has 1 aromatic carbocycles. The molecule has 0 amide bonds. The van der Waals surface area contributed by atoms with Crippen molar-refractivity contribution in [1.29, 1.82) is 0 Å². The lowest BCUT2D eigenvalue weighted by Gasteiger charge is -2.31. The fourth-order valence-corrected chi connectivity index (χ4v) is 4.01. The number of nitrogens with one attached hydrogen (secondary N) is 1. The Morgan fingerprint density at radius 2 is 1.95 bits per heavy atom. The highest BCUT2D eigenvalue weighted by atomic mass is 35.5. The van der Waals surface area contributed by atoms with E-state index < -0.39 is 15.8 Å². The van der Waals surface area contributed by atoms with Crippen LogP contribution in [0.2, 0.25) is 0 Å². The lowest BCUT2D eigenvalue weighted by Crippen LogP contribution is -2.40. The van der Waals surface area contributed by atoms with Crippen molar-refractivity contribution in [3.8, 4) is 0 Å². The first-order chi connectivity index (χ1) is 9.45. The van der Waals surface area contributed by atoms with Crippen molar-refractivity contribution in [1.82, 2.24) is 9.62 Å². The van der Waals surface area contributed by atoms with Gasteiger partial charge >= 0.3 is 0 Å². The van der Waals surface area contributed by atoms with Crippen LogP contribution in [0, 0.1) is 18.7 Å². The van der Waals surface area contributed by atoms with Crippen LogP contribution in [0.1, 0.15) is 18.4 Å². The summed E-state index contributed by atoms with van der Waals surface area (Å²) in [6.07, 6.45) is 1.68. The molecular weight excluding hydrogens is 315 g/mol. The van der Waals surface area contributed by atoms with Gasteiger partial charge in [-0.3, -0.25) is 0 Å². The summed E-state index contributed by atoms with van der Waals surface area (Å²) >= 11 is 0. The normalized spacial score (nSPS) is 17.5. The topological polar surface area (TPSA) is 49.4 Å². The average Bonchev–Trinajstić information content (AvgIpc) is 2.43. The van der Waals surface area contributed by atoms with Crippen molar-refractivity contribution in [2.45, 2.75) is 24.7 Å². The van der Waals surface area contributed by atoms with Crippen LogP contribution in [-0.2, 0) is 10.0 Å². The molecule has 0 atom stereocenters. The van der Waals surface area contributed by atoms with Crippen LogP contribution in [0.3, 0.4) is 0 Å². The first-order valence-corrected chi connectivity index (χ1v) is 8.30. The van der Waals surface area contributed by atoms with E-state index >= 15 is 0 Å². The molecule has 21 heavy (non-hydrogen) atoms. The summed E-state index contributed by atoms with van der Waals surface area (Å²) in [6, 6.07) is 4.10. The summed E-state index contributed by atoms with van der Waals surface area (Å²) in [5.41, 5.74) is 0.455. The van der Waals surface area contributed by atoms with E-state index in [1.54, 1.807) is 6.92 Å². The maximum absolute atomic E-state index is 13.5. The smallest absolute Gasteiger partial charge is 0.243 e. The van der Waals surface area contributed by atoms with Crippen molar-refractivity contribution in [2.24, 2.45) is 5.92 Å². The van der Waals surface area contributed by atoms with Gasteiger partial charge in [0.1, 0.15) is 5.82 Å². The molecule has 0 spiro atoms. The molecule has 4 nitrogen and oxygen atoms in total. The SMILES string of the molecule is CNCC1CCN(S(=O)(=O)c2ccc(C)c(F)c2)CC1.Cl. The highest BCUT2D eigenvalue weighted by Gasteiger charge is 2.29. The van der Waals surface area contributed by atoms with E-state index in [1.165, 1.54) is 16.4 Å². The fraction of sp³-hybridized carbons (Fsp3) is 0.571. The fourth-order valence-electron chi connectivity index (χ4n) is 2.53. The van der Waals surface area contributed by atoms with E-state index in [9.17, 15) is 12.8 Å². The molecule has 120 valence electrons. The van der Waals surface area contributed by atoms with E-state index in [4.69, 9.17) is 0 Å². The lowest BCUT2D eigenvalue weighted by atomic mass is 9.98. The predicted molar refractivity (Wildman–Crippen MR) is 83.8 cm³/mol. The molecule has 7 heteroatoms. The molecular formula is C14H22ClFN2O2S. The Bertz CT molecular complexity index is 572. The van der Waals surface area contributed by atoms with Gasteiger partial charge in [0.05, 0.1) is 4.90 Å². The van der Waals surface area contributed by atoms with Gasteiger partial charge in [-0.15, -0.1) is 12.4 Å². The molecule has 0 saturated carbocycles. The molecule has 0 aliphatic carbocycles. The van der Waals surface area contributed by atoms with Crippen molar-refractivity contribution >= 4 is 22.4 Å². The van der Waals surface area contributed by atoms with Gasteiger partial charge in [-0.2, -0.15) is 4.31 Å². The number of sulfonamides is 1. The molecule has 1 N–H and O–H groups in total. The van der Waals surface area contributed by atoms with Crippen LogP contribution in [0.4, 0.5) is 4.39 Å². The lowest BCUT2D eigenvalue weighted by molar-refractivity contribution is 0.270. The average molecular weight is 337 g/mol. The monoisotopic (exact) mass is 336 g/mol. The second-order valence-electron chi connectivity index (χ2n) is 5.32. The number of aryl methyl sites for hydroxylation is 1. The Morgan fingerprint density at radius 1 is 1.33 bits per heavy atom. The van der Waals surface area contributed by atoms with Crippen LogP contribution < -0.4 is 5.32 Å². The van der Waals surface area contributed by atoms with Gasteiger partial charge in [-0.25, -0.2) is 12.8 Å². The Morgan fingerprint density at radius 3 is 2.48 bits per heavy atom. The molecule has 0 radical (unpaired) electrons. The summed E-state index contributed by atoms with van der Waals surface area (Å²) in [5, 5.41) is 3.12. The second kappa shape index (κ2) is 7.54. The molecule has 0 bridgehead atoms. The number of benzene rings is 1. The number of rotatable bonds is 4. The Labute approximate surface area is 132 Å². The number of nitrogens with zero attached hydrogens (tertiary/aromatic N) is 1. The van der Waals surface area contributed by atoms with Crippen LogP contribution in [0.25, 0.3) is 0 Å². The minimum atomic E-state index is -3.57. The Kier molecular flexibility index (Phi) is 6.59. The predicted octanol–water partition coefficient (Wildman–Crippen LogP) is 2.18. The molecule has 0 unspecified atom stereocenters. The molecule has 1 heterocycles. The summed E-state index contributed by atoms with van der Waals surface area (Å²) < 4.78 is 39.9. The summed E-state index contributed by atoms with van der Waals surface area (Å²) in [5.74, 6) is 0.0392. The minimum absolute atomic E-state index is 0. The van der Waals surface area contributed by atoms with Gasteiger partial charge in [0.25, 0.3) is 0 Å².